The van der Waals surface area contributed by atoms with Gasteiger partial charge in [0.15, 0.2) is 0 Å². The predicted octanol–water partition coefficient (Wildman–Crippen LogP) is 1.35. The molecular weight excluding hydrogens is 264 g/mol. The summed E-state index contributed by atoms with van der Waals surface area (Å²) in [5.74, 6) is -0.181. The van der Waals surface area contributed by atoms with E-state index in [0.717, 1.165) is 25.7 Å². The molecule has 0 radical (unpaired) electrons. The van der Waals surface area contributed by atoms with Crippen LogP contribution >= 0.6 is 0 Å². The SMILES string of the molecule is CCCCCCNC(=O)C1CCCN(S(C)(=O)=O)C1. The molecule has 0 aliphatic carbocycles. The molecule has 1 amide bonds. The zero-order valence-electron chi connectivity index (χ0n) is 12.0. The number of amides is 1. The van der Waals surface area contributed by atoms with Gasteiger partial charge in [-0.2, -0.15) is 0 Å². The van der Waals surface area contributed by atoms with Gasteiger partial charge in [0.25, 0.3) is 0 Å². The van der Waals surface area contributed by atoms with Crippen LogP contribution in [0, 0.1) is 5.92 Å². The topological polar surface area (TPSA) is 66.5 Å². The summed E-state index contributed by atoms with van der Waals surface area (Å²) in [6.07, 6.45) is 7.27. The lowest BCUT2D eigenvalue weighted by Crippen LogP contribution is -2.45. The highest BCUT2D eigenvalue weighted by Gasteiger charge is 2.29. The Balaban J connectivity index is 2.32. The number of nitrogens with zero attached hydrogens (tertiary/aromatic N) is 1. The smallest absolute Gasteiger partial charge is 0.224 e. The normalized spacial score (nSPS) is 21.3. The lowest BCUT2D eigenvalue weighted by Gasteiger charge is -2.30. The minimum atomic E-state index is -3.17. The first-order valence-corrected chi connectivity index (χ1v) is 9.02. The molecule has 0 saturated carbocycles. The standard InChI is InChI=1S/C13H26N2O3S/c1-3-4-5-6-9-14-13(16)12-8-7-10-15(11-12)19(2,17)18/h12H,3-11H2,1-2H3,(H,14,16). The molecule has 1 atom stereocenters. The molecule has 1 saturated heterocycles. The van der Waals surface area contributed by atoms with E-state index in [1.54, 1.807) is 0 Å². The summed E-state index contributed by atoms with van der Waals surface area (Å²) in [6, 6.07) is 0. The maximum atomic E-state index is 12.0. The fourth-order valence-electron chi connectivity index (χ4n) is 2.37. The molecule has 1 N–H and O–H groups in total. The average Bonchev–Trinajstić information content (AvgIpc) is 2.37. The molecule has 1 rings (SSSR count). The summed E-state index contributed by atoms with van der Waals surface area (Å²) in [4.78, 5) is 12.0. The molecule has 6 heteroatoms. The predicted molar refractivity (Wildman–Crippen MR) is 76.3 cm³/mol. The van der Waals surface area contributed by atoms with Gasteiger partial charge in [0.2, 0.25) is 15.9 Å². The number of hydrogen-bond donors (Lipinski definition) is 1. The van der Waals surface area contributed by atoms with Crippen LogP contribution in [-0.4, -0.2) is 44.5 Å². The largest absolute Gasteiger partial charge is 0.356 e. The summed E-state index contributed by atoms with van der Waals surface area (Å²) in [5.41, 5.74) is 0. The molecule has 1 aliphatic heterocycles. The molecule has 0 aromatic carbocycles. The van der Waals surface area contributed by atoms with Crippen LogP contribution in [0.5, 0.6) is 0 Å². The second-order valence-electron chi connectivity index (χ2n) is 5.31. The van der Waals surface area contributed by atoms with E-state index in [4.69, 9.17) is 0 Å². The Kier molecular flexibility index (Phi) is 6.79. The van der Waals surface area contributed by atoms with E-state index in [-0.39, 0.29) is 11.8 Å². The van der Waals surface area contributed by atoms with Crippen molar-refractivity contribution in [2.24, 2.45) is 5.92 Å². The fourth-order valence-corrected chi connectivity index (χ4v) is 3.28. The number of carbonyl (C=O) groups is 1. The number of sulfonamides is 1. The van der Waals surface area contributed by atoms with Crippen molar-refractivity contribution in [1.29, 1.82) is 0 Å². The second kappa shape index (κ2) is 7.85. The van der Waals surface area contributed by atoms with E-state index >= 15 is 0 Å². The van der Waals surface area contributed by atoms with E-state index in [2.05, 4.69) is 12.2 Å². The molecule has 1 aliphatic rings. The van der Waals surface area contributed by atoms with Crippen LogP contribution < -0.4 is 5.32 Å². The van der Waals surface area contributed by atoms with Gasteiger partial charge < -0.3 is 5.32 Å². The van der Waals surface area contributed by atoms with Crippen LogP contribution in [0.15, 0.2) is 0 Å². The van der Waals surface area contributed by atoms with Crippen LogP contribution in [0.2, 0.25) is 0 Å². The van der Waals surface area contributed by atoms with Crippen LogP contribution in [-0.2, 0) is 14.8 Å². The molecule has 1 heterocycles. The van der Waals surface area contributed by atoms with Crippen molar-refractivity contribution >= 4 is 15.9 Å². The molecular formula is C13H26N2O3S. The summed E-state index contributed by atoms with van der Waals surface area (Å²) in [5, 5.41) is 2.92. The van der Waals surface area contributed by atoms with Gasteiger partial charge in [-0.15, -0.1) is 0 Å². The molecule has 1 fully saturated rings. The molecule has 19 heavy (non-hydrogen) atoms. The number of hydrogen-bond acceptors (Lipinski definition) is 3. The Morgan fingerprint density at radius 1 is 1.32 bits per heavy atom. The second-order valence-corrected chi connectivity index (χ2v) is 7.29. The molecule has 0 aromatic rings. The van der Waals surface area contributed by atoms with Crippen molar-refractivity contribution in [3.8, 4) is 0 Å². The third kappa shape index (κ3) is 5.91. The van der Waals surface area contributed by atoms with Crippen molar-refractivity contribution in [2.75, 3.05) is 25.9 Å². The molecule has 0 bridgehead atoms. The number of piperidine rings is 1. The Hall–Kier alpha value is -0.620. The number of carbonyl (C=O) groups excluding carboxylic acids is 1. The van der Waals surface area contributed by atoms with E-state index in [1.807, 2.05) is 0 Å². The molecule has 1 unspecified atom stereocenters. The Bertz CT molecular complexity index is 381. The van der Waals surface area contributed by atoms with Gasteiger partial charge in [0, 0.05) is 19.6 Å². The minimum absolute atomic E-state index is 0.00449. The van der Waals surface area contributed by atoms with Gasteiger partial charge in [-0.05, 0) is 19.3 Å². The van der Waals surface area contributed by atoms with Crippen molar-refractivity contribution in [3.05, 3.63) is 0 Å². The van der Waals surface area contributed by atoms with Crippen LogP contribution in [0.4, 0.5) is 0 Å². The van der Waals surface area contributed by atoms with Gasteiger partial charge in [0.1, 0.15) is 0 Å². The highest BCUT2D eigenvalue weighted by molar-refractivity contribution is 7.88. The highest BCUT2D eigenvalue weighted by Crippen LogP contribution is 2.18. The maximum Gasteiger partial charge on any atom is 0.224 e. The molecule has 0 spiro atoms. The third-order valence-electron chi connectivity index (χ3n) is 3.55. The molecule has 0 aromatic heterocycles. The highest BCUT2D eigenvalue weighted by atomic mass is 32.2. The van der Waals surface area contributed by atoms with Gasteiger partial charge in [-0.25, -0.2) is 12.7 Å². The third-order valence-corrected chi connectivity index (χ3v) is 4.82. The number of rotatable bonds is 7. The van der Waals surface area contributed by atoms with Crippen molar-refractivity contribution in [2.45, 2.75) is 45.4 Å². The van der Waals surface area contributed by atoms with Crippen molar-refractivity contribution in [3.63, 3.8) is 0 Å². The zero-order valence-corrected chi connectivity index (χ0v) is 12.8. The first-order valence-electron chi connectivity index (χ1n) is 7.18. The fraction of sp³-hybridized carbons (Fsp3) is 0.923. The first-order chi connectivity index (χ1) is 8.95. The Morgan fingerprint density at radius 2 is 2.05 bits per heavy atom. The Morgan fingerprint density at radius 3 is 2.68 bits per heavy atom. The van der Waals surface area contributed by atoms with Crippen LogP contribution in [0.25, 0.3) is 0 Å². The zero-order chi connectivity index (χ0) is 14.3. The quantitative estimate of drug-likeness (QED) is 0.720. The molecule has 5 nitrogen and oxygen atoms in total. The van der Waals surface area contributed by atoms with Crippen LogP contribution in [0.3, 0.4) is 0 Å². The van der Waals surface area contributed by atoms with Gasteiger partial charge in [-0.3, -0.25) is 4.79 Å². The summed E-state index contributed by atoms with van der Waals surface area (Å²) in [6.45, 7) is 3.73. The maximum absolute atomic E-state index is 12.0. The lowest BCUT2D eigenvalue weighted by atomic mass is 9.99. The Labute approximate surface area is 116 Å². The molecule has 112 valence electrons. The van der Waals surface area contributed by atoms with Crippen molar-refractivity contribution in [1.82, 2.24) is 9.62 Å². The van der Waals surface area contributed by atoms with Crippen LogP contribution in [0.1, 0.15) is 45.4 Å². The summed E-state index contributed by atoms with van der Waals surface area (Å²) in [7, 11) is -3.17. The summed E-state index contributed by atoms with van der Waals surface area (Å²) >= 11 is 0. The van der Waals surface area contributed by atoms with E-state index in [1.165, 1.54) is 23.4 Å². The van der Waals surface area contributed by atoms with E-state index in [9.17, 15) is 13.2 Å². The first kappa shape index (κ1) is 16.4. The van der Waals surface area contributed by atoms with E-state index < -0.39 is 10.0 Å². The lowest BCUT2D eigenvalue weighted by molar-refractivity contribution is -0.126. The number of unbranched alkanes of at least 4 members (excludes halogenated alkanes) is 3. The van der Waals surface area contributed by atoms with Gasteiger partial charge in [0.05, 0.1) is 12.2 Å². The van der Waals surface area contributed by atoms with E-state index in [0.29, 0.717) is 19.6 Å². The number of nitrogens with one attached hydrogen (secondary N) is 1. The minimum Gasteiger partial charge on any atom is -0.356 e. The van der Waals surface area contributed by atoms with Gasteiger partial charge >= 0.3 is 0 Å². The monoisotopic (exact) mass is 290 g/mol. The van der Waals surface area contributed by atoms with Gasteiger partial charge in [-0.1, -0.05) is 26.2 Å². The average molecular weight is 290 g/mol. The summed E-state index contributed by atoms with van der Waals surface area (Å²) < 4.78 is 24.4. The van der Waals surface area contributed by atoms with Crippen molar-refractivity contribution < 1.29 is 13.2 Å².